The molecule has 1 aromatic rings. The van der Waals surface area contributed by atoms with Gasteiger partial charge in [-0.25, -0.2) is 0 Å². The van der Waals surface area contributed by atoms with Crippen LogP contribution in [0, 0.1) is 0 Å². The molecule has 0 amide bonds. The number of halogens is 3. The summed E-state index contributed by atoms with van der Waals surface area (Å²) in [7, 11) is 0. The van der Waals surface area contributed by atoms with Crippen LogP contribution >= 0.6 is 0 Å². The summed E-state index contributed by atoms with van der Waals surface area (Å²) in [5, 5.41) is 6.95. The number of para-hydroxylation sites is 1. The molecule has 2 N–H and O–H groups in total. The van der Waals surface area contributed by atoms with Gasteiger partial charge in [-0.1, -0.05) is 0 Å². The Morgan fingerprint density at radius 3 is 1.74 bits per heavy atom. The predicted octanol–water partition coefficient (Wildman–Crippen LogP) is -8.34. The molecule has 1 saturated heterocycles. The Kier molecular flexibility index (Phi) is 13.1. The van der Waals surface area contributed by atoms with Crippen LogP contribution in [-0.4, -0.2) is 39.3 Å². The SMILES string of the molecule is [Cl-].[Cl-].[Cl-].[Ti][N+]1(c2ccccc2)CCNCCNCC1. The van der Waals surface area contributed by atoms with Gasteiger partial charge in [-0.15, -0.1) is 0 Å². The molecule has 1 aromatic carbocycles. The van der Waals surface area contributed by atoms with Crippen LogP contribution in [0.1, 0.15) is 0 Å². The first-order valence-electron chi connectivity index (χ1n) is 5.90. The van der Waals surface area contributed by atoms with Crippen molar-refractivity contribution in [3.63, 3.8) is 0 Å². The van der Waals surface area contributed by atoms with Crippen LogP contribution < -0.4 is 50.8 Å². The molecule has 1 aliphatic heterocycles. The molecule has 0 aliphatic carbocycles. The Morgan fingerprint density at radius 2 is 1.26 bits per heavy atom. The summed E-state index contributed by atoms with van der Waals surface area (Å²) in [5.41, 5.74) is 1.41. The van der Waals surface area contributed by atoms with Crippen LogP contribution in [-0.2, 0) is 20.7 Å². The first kappa shape index (κ1) is 22.0. The number of nitrogens with zero attached hydrogens (tertiary/aromatic N) is 1. The summed E-state index contributed by atoms with van der Waals surface area (Å²) in [4.78, 5) is 0. The van der Waals surface area contributed by atoms with Crippen molar-refractivity contribution in [1.82, 2.24) is 13.6 Å². The van der Waals surface area contributed by atoms with E-state index in [2.05, 4.69) is 61.7 Å². The van der Waals surface area contributed by atoms with Gasteiger partial charge in [0.05, 0.1) is 0 Å². The summed E-state index contributed by atoms with van der Waals surface area (Å²) in [6.07, 6.45) is 0. The summed E-state index contributed by atoms with van der Waals surface area (Å²) >= 11 is 2.32. The first-order valence-corrected chi connectivity index (χ1v) is 6.60. The summed E-state index contributed by atoms with van der Waals surface area (Å²) in [6, 6.07) is 10.8. The number of hydrogen-bond acceptors (Lipinski definition) is 2. The number of hydrogen-bond donors (Lipinski definition) is 2. The quantitative estimate of drug-likeness (QED) is 0.487. The van der Waals surface area contributed by atoms with Gasteiger partial charge in [-0.2, -0.15) is 0 Å². The van der Waals surface area contributed by atoms with Crippen molar-refractivity contribution < 1.29 is 57.9 Å². The van der Waals surface area contributed by atoms with Gasteiger partial charge in [-0.3, -0.25) is 0 Å². The van der Waals surface area contributed by atoms with Gasteiger partial charge < -0.3 is 37.2 Å². The van der Waals surface area contributed by atoms with Gasteiger partial charge in [0.2, 0.25) is 0 Å². The van der Waals surface area contributed by atoms with E-state index in [-0.39, 0.29) is 37.2 Å². The fourth-order valence-electron chi connectivity index (χ4n) is 2.05. The van der Waals surface area contributed by atoms with Crippen molar-refractivity contribution >= 4 is 5.69 Å². The fourth-order valence-corrected chi connectivity index (χ4v) is 2.63. The van der Waals surface area contributed by atoms with Crippen molar-refractivity contribution in [1.29, 1.82) is 0 Å². The van der Waals surface area contributed by atoms with Crippen molar-refractivity contribution in [2.45, 2.75) is 0 Å². The van der Waals surface area contributed by atoms with Gasteiger partial charge in [0.15, 0.2) is 0 Å². The fraction of sp³-hybridized carbons (Fsp3) is 0.500. The minimum absolute atomic E-state index is 0. The summed E-state index contributed by atoms with van der Waals surface area (Å²) in [5.74, 6) is 0. The van der Waals surface area contributed by atoms with Gasteiger partial charge >= 0.3 is 110 Å². The van der Waals surface area contributed by atoms with Crippen molar-refractivity contribution in [3.8, 4) is 0 Å². The molecule has 0 spiro atoms. The third kappa shape index (κ3) is 6.79. The molecule has 7 heteroatoms. The number of nitrogens with one attached hydrogen (secondary N) is 2. The Hall–Kier alpha value is 0.684. The molecule has 0 saturated carbocycles. The molecule has 0 aromatic heterocycles. The second-order valence-corrected chi connectivity index (χ2v) is 5.59. The summed E-state index contributed by atoms with van der Waals surface area (Å²) in [6.45, 7) is 6.65. The van der Waals surface area contributed by atoms with Gasteiger partial charge in [0.1, 0.15) is 0 Å². The molecular weight excluding hydrogens is 340 g/mol. The molecule has 2 rings (SSSR count). The minimum atomic E-state index is 0. The molecule has 1 aliphatic rings. The maximum atomic E-state index is 3.47. The first-order chi connectivity index (χ1) is 7.81. The van der Waals surface area contributed by atoms with Crippen LogP contribution in [0.2, 0.25) is 0 Å². The second-order valence-electron chi connectivity index (χ2n) is 4.25. The average Bonchev–Trinajstić information content (AvgIpc) is 2.43. The van der Waals surface area contributed by atoms with Crippen LogP contribution in [0.5, 0.6) is 0 Å². The zero-order chi connectivity index (χ0) is 11.3. The Morgan fingerprint density at radius 1 is 0.789 bits per heavy atom. The zero-order valence-electron chi connectivity index (χ0n) is 10.7. The molecule has 1 fully saturated rings. The van der Waals surface area contributed by atoms with Gasteiger partial charge in [-0.05, 0) is 0 Å². The van der Waals surface area contributed by atoms with E-state index in [9.17, 15) is 0 Å². The third-order valence-electron chi connectivity index (χ3n) is 3.07. The Bertz CT molecular complexity index is 317. The normalized spacial score (nSPS) is 18.3. The van der Waals surface area contributed by atoms with E-state index in [1.54, 1.807) is 0 Å². The Balaban J connectivity index is 0. The van der Waals surface area contributed by atoms with Crippen LogP contribution in [0.25, 0.3) is 0 Å². The van der Waals surface area contributed by atoms with Crippen molar-refractivity contribution in [2.75, 3.05) is 39.3 Å². The van der Waals surface area contributed by atoms with E-state index in [0.29, 0.717) is 0 Å². The molecule has 109 valence electrons. The van der Waals surface area contributed by atoms with E-state index in [0.717, 1.165) is 42.2 Å². The van der Waals surface area contributed by atoms with Crippen LogP contribution in [0.3, 0.4) is 0 Å². The van der Waals surface area contributed by atoms with E-state index in [4.69, 9.17) is 0 Å². The molecule has 19 heavy (non-hydrogen) atoms. The third-order valence-corrected chi connectivity index (χ3v) is 4.17. The average molecular weight is 360 g/mol. The molecule has 0 radical (unpaired) electrons. The maximum absolute atomic E-state index is 3.47. The van der Waals surface area contributed by atoms with E-state index >= 15 is 0 Å². The van der Waals surface area contributed by atoms with E-state index in [1.807, 2.05) is 0 Å². The molecular formula is C12H19Cl3N3Ti-2. The second kappa shape index (κ2) is 11.4. The van der Waals surface area contributed by atoms with E-state index in [1.165, 1.54) is 5.69 Å². The number of rotatable bonds is 1. The topological polar surface area (TPSA) is 24.1 Å². The predicted molar refractivity (Wildman–Crippen MR) is 63.7 cm³/mol. The van der Waals surface area contributed by atoms with E-state index < -0.39 is 0 Å². The van der Waals surface area contributed by atoms with Crippen molar-refractivity contribution in [3.05, 3.63) is 30.3 Å². The monoisotopic (exact) mass is 358 g/mol. The van der Waals surface area contributed by atoms with Gasteiger partial charge in [0.25, 0.3) is 0 Å². The molecule has 0 unspecified atom stereocenters. The molecule has 0 atom stereocenters. The molecule has 0 bridgehead atoms. The van der Waals surface area contributed by atoms with Crippen LogP contribution in [0.4, 0.5) is 5.69 Å². The molecule has 3 nitrogen and oxygen atoms in total. The number of benzene rings is 1. The standard InChI is InChI=1S/C12H19N3.3ClH.Ti/c1-2-4-12(5-3-1)15-10-8-13-6-7-14-9-11-15;;;;/h1-5,13-14H,6-11H2;3*1H;/q;;;;+1/p-3. The molecule has 1 heterocycles. The Labute approximate surface area is 146 Å². The number of quaternary nitrogens is 1. The van der Waals surface area contributed by atoms with Crippen molar-refractivity contribution in [2.24, 2.45) is 0 Å². The van der Waals surface area contributed by atoms with Crippen LogP contribution in [0.15, 0.2) is 30.3 Å². The van der Waals surface area contributed by atoms with Gasteiger partial charge in [0, 0.05) is 0 Å². The zero-order valence-corrected chi connectivity index (χ0v) is 14.5. The summed E-state index contributed by atoms with van der Waals surface area (Å²) < 4.78 is 1.01.